The van der Waals surface area contributed by atoms with Gasteiger partial charge in [0, 0.05) is 12.6 Å². The Morgan fingerprint density at radius 2 is 2.05 bits per heavy atom. The first-order valence-corrected chi connectivity index (χ1v) is 7.13. The van der Waals surface area contributed by atoms with Gasteiger partial charge in [-0.3, -0.25) is 4.79 Å². The Labute approximate surface area is 116 Å². The highest BCUT2D eigenvalue weighted by atomic mass is 16.4. The first-order valence-electron chi connectivity index (χ1n) is 7.13. The highest BCUT2D eigenvalue weighted by Crippen LogP contribution is 2.20. The summed E-state index contributed by atoms with van der Waals surface area (Å²) in [4.78, 5) is 15.7. The molecule has 3 N–H and O–H groups in total. The first-order chi connectivity index (χ1) is 8.72. The average molecular weight is 271 g/mol. The summed E-state index contributed by atoms with van der Waals surface area (Å²) >= 11 is 0. The topological polar surface area (TPSA) is 69.8 Å². The van der Waals surface area contributed by atoms with E-state index in [9.17, 15) is 4.79 Å². The van der Waals surface area contributed by atoms with Gasteiger partial charge in [-0.2, -0.15) is 0 Å². The van der Waals surface area contributed by atoms with Crippen molar-refractivity contribution in [2.45, 2.75) is 44.7 Å². The Bertz CT molecular complexity index is 299. The molecule has 2 atom stereocenters. The van der Waals surface area contributed by atoms with Crippen molar-refractivity contribution in [3.63, 3.8) is 0 Å². The number of piperidine rings is 1. The number of carboxylic acids is 1. The molecule has 1 saturated heterocycles. The molecule has 1 heterocycles. The minimum absolute atomic E-state index is 0.186. The zero-order chi connectivity index (χ0) is 14.6. The van der Waals surface area contributed by atoms with Gasteiger partial charge in [0.1, 0.15) is 5.54 Å². The zero-order valence-electron chi connectivity index (χ0n) is 12.7. The molecule has 112 valence electrons. The van der Waals surface area contributed by atoms with Crippen LogP contribution in [0.4, 0.5) is 0 Å². The molecule has 0 spiro atoms. The molecule has 1 fully saturated rings. The number of aliphatic carboxylic acids is 1. The monoisotopic (exact) mass is 271 g/mol. The van der Waals surface area contributed by atoms with Gasteiger partial charge >= 0.3 is 5.97 Å². The van der Waals surface area contributed by atoms with E-state index in [0.29, 0.717) is 6.42 Å². The Kier molecular flexibility index (Phi) is 5.77. The zero-order valence-corrected chi connectivity index (χ0v) is 12.7. The summed E-state index contributed by atoms with van der Waals surface area (Å²) in [6.07, 6.45) is 2.93. The maximum absolute atomic E-state index is 11.1. The molecule has 0 aromatic heterocycles. The van der Waals surface area contributed by atoms with E-state index < -0.39 is 11.5 Å². The van der Waals surface area contributed by atoms with Gasteiger partial charge in [-0.1, -0.05) is 0 Å². The minimum atomic E-state index is -1.14. The van der Waals surface area contributed by atoms with Crippen molar-refractivity contribution in [2.75, 3.05) is 33.7 Å². The Morgan fingerprint density at radius 3 is 2.53 bits per heavy atom. The molecule has 0 aliphatic carbocycles. The normalized spacial score (nSPS) is 23.3. The van der Waals surface area contributed by atoms with E-state index in [-0.39, 0.29) is 6.04 Å². The molecule has 0 radical (unpaired) electrons. The predicted molar refractivity (Wildman–Crippen MR) is 77.2 cm³/mol. The molecule has 1 rings (SSSR count). The minimum Gasteiger partial charge on any atom is -0.480 e. The number of hydrogen-bond acceptors (Lipinski definition) is 4. The summed E-state index contributed by atoms with van der Waals surface area (Å²) in [5, 5.41) is 9.07. The predicted octanol–water partition coefficient (Wildman–Crippen LogP) is 0.841. The molecule has 1 aliphatic rings. The fourth-order valence-electron chi connectivity index (χ4n) is 2.69. The van der Waals surface area contributed by atoms with Crippen LogP contribution < -0.4 is 5.73 Å². The second-order valence-corrected chi connectivity index (χ2v) is 6.46. The lowest BCUT2D eigenvalue weighted by molar-refractivity contribution is -0.143. The van der Waals surface area contributed by atoms with Crippen molar-refractivity contribution >= 4 is 5.97 Å². The third kappa shape index (κ3) is 5.09. The summed E-state index contributed by atoms with van der Waals surface area (Å²) in [5.74, 6) is -0.204. The van der Waals surface area contributed by atoms with E-state index in [1.807, 2.05) is 0 Å². The number of rotatable bonds is 6. The average Bonchev–Trinajstić information content (AvgIpc) is 2.31. The van der Waals surface area contributed by atoms with Crippen molar-refractivity contribution in [1.82, 2.24) is 9.80 Å². The van der Waals surface area contributed by atoms with E-state index in [0.717, 1.165) is 25.6 Å². The number of likely N-dealkylation sites (tertiary alicyclic amines) is 1. The van der Waals surface area contributed by atoms with Crippen LogP contribution in [-0.4, -0.2) is 66.2 Å². The van der Waals surface area contributed by atoms with Crippen LogP contribution in [-0.2, 0) is 4.79 Å². The fraction of sp³-hybridized carbons (Fsp3) is 0.929. The van der Waals surface area contributed by atoms with Gasteiger partial charge in [-0.05, 0) is 66.2 Å². The summed E-state index contributed by atoms with van der Waals surface area (Å²) in [5.41, 5.74) is 4.68. The molecule has 5 nitrogen and oxygen atoms in total. The lowest BCUT2D eigenvalue weighted by atomic mass is 9.92. The van der Waals surface area contributed by atoms with Crippen molar-refractivity contribution in [1.29, 1.82) is 0 Å². The molecule has 5 heteroatoms. The van der Waals surface area contributed by atoms with Crippen molar-refractivity contribution < 1.29 is 9.90 Å². The lowest BCUT2D eigenvalue weighted by Gasteiger charge is -2.35. The molecule has 0 aromatic carbocycles. The molecule has 0 aromatic rings. The summed E-state index contributed by atoms with van der Waals surface area (Å²) in [7, 11) is 4.23. The van der Waals surface area contributed by atoms with E-state index >= 15 is 0 Å². The van der Waals surface area contributed by atoms with Gasteiger partial charge < -0.3 is 20.6 Å². The van der Waals surface area contributed by atoms with Gasteiger partial charge in [0.2, 0.25) is 0 Å². The number of hydrogen-bond donors (Lipinski definition) is 2. The van der Waals surface area contributed by atoms with Crippen LogP contribution in [0.2, 0.25) is 0 Å². The second kappa shape index (κ2) is 6.68. The molecule has 0 saturated carbocycles. The molecule has 2 unspecified atom stereocenters. The summed E-state index contributed by atoms with van der Waals surface area (Å²) < 4.78 is 0. The highest BCUT2D eigenvalue weighted by Gasteiger charge is 2.31. The number of nitrogens with two attached hydrogens (primary N) is 1. The van der Waals surface area contributed by atoms with Gasteiger partial charge in [0.25, 0.3) is 0 Å². The number of nitrogens with zero attached hydrogens (tertiary/aromatic N) is 2. The maximum atomic E-state index is 11.1. The molecule has 0 bridgehead atoms. The van der Waals surface area contributed by atoms with Crippen LogP contribution in [0.3, 0.4) is 0 Å². The quantitative estimate of drug-likeness (QED) is 0.749. The Hall–Kier alpha value is -0.650. The van der Waals surface area contributed by atoms with Crippen LogP contribution in [0.5, 0.6) is 0 Å². The van der Waals surface area contributed by atoms with E-state index in [4.69, 9.17) is 10.8 Å². The molecule has 1 aliphatic heterocycles. The largest absolute Gasteiger partial charge is 0.480 e. The highest BCUT2D eigenvalue weighted by molar-refractivity contribution is 5.77. The number of carboxylic acid groups (broad SMARTS) is 1. The second-order valence-electron chi connectivity index (χ2n) is 6.46. The molecular weight excluding hydrogens is 242 g/mol. The third-order valence-corrected chi connectivity index (χ3v) is 4.34. The number of carbonyl (C=O) groups is 1. The van der Waals surface area contributed by atoms with Crippen molar-refractivity contribution in [3.8, 4) is 0 Å². The molecular formula is C14H29N3O2. The maximum Gasteiger partial charge on any atom is 0.323 e. The van der Waals surface area contributed by atoms with Crippen LogP contribution >= 0.6 is 0 Å². The van der Waals surface area contributed by atoms with E-state index in [1.54, 1.807) is 6.92 Å². The van der Waals surface area contributed by atoms with E-state index in [1.165, 1.54) is 12.8 Å². The van der Waals surface area contributed by atoms with Crippen molar-refractivity contribution in [2.24, 2.45) is 11.7 Å². The van der Waals surface area contributed by atoms with Crippen LogP contribution in [0.15, 0.2) is 0 Å². The standard InChI is InChI=1S/C14H29N3O2/c1-11(9-14(2,15)13(18)19)17(4)10-12-5-7-16(3)8-6-12/h11-12H,5-10,15H2,1-4H3,(H,18,19). The first kappa shape index (κ1) is 16.4. The van der Waals surface area contributed by atoms with Crippen molar-refractivity contribution in [3.05, 3.63) is 0 Å². The van der Waals surface area contributed by atoms with Gasteiger partial charge in [-0.25, -0.2) is 0 Å². The smallest absolute Gasteiger partial charge is 0.323 e. The van der Waals surface area contributed by atoms with Crippen LogP contribution in [0.1, 0.15) is 33.1 Å². The lowest BCUT2D eigenvalue weighted by Crippen LogP contribution is -2.50. The Morgan fingerprint density at radius 1 is 1.53 bits per heavy atom. The fourth-order valence-corrected chi connectivity index (χ4v) is 2.69. The Balaban J connectivity index is 2.40. The molecule has 0 amide bonds. The third-order valence-electron chi connectivity index (χ3n) is 4.34. The van der Waals surface area contributed by atoms with E-state index in [2.05, 4.69) is 30.8 Å². The van der Waals surface area contributed by atoms with Crippen LogP contribution in [0, 0.1) is 5.92 Å². The van der Waals surface area contributed by atoms with Gasteiger partial charge in [0.05, 0.1) is 0 Å². The van der Waals surface area contributed by atoms with Gasteiger partial charge in [0.15, 0.2) is 0 Å². The summed E-state index contributed by atoms with van der Waals surface area (Å²) in [6, 6.07) is 0.186. The van der Waals surface area contributed by atoms with Gasteiger partial charge in [-0.15, -0.1) is 0 Å². The molecule has 19 heavy (non-hydrogen) atoms. The summed E-state index contributed by atoms with van der Waals surface area (Å²) in [6.45, 7) is 7.01. The van der Waals surface area contributed by atoms with Crippen LogP contribution in [0.25, 0.3) is 0 Å². The SMILES string of the molecule is CC(CC(C)(N)C(=O)O)N(C)CC1CCN(C)CC1.